The summed E-state index contributed by atoms with van der Waals surface area (Å²) in [5.74, 6) is 0.469. The number of fused-ring (bicyclic) bond motifs is 3. The van der Waals surface area contributed by atoms with Gasteiger partial charge in [-0.25, -0.2) is 4.98 Å². The number of nitrogens with zero attached hydrogens (tertiary/aromatic N) is 5. The highest BCUT2D eigenvalue weighted by Gasteiger charge is 2.21. The van der Waals surface area contributed by atoms with Crippen LogP contribution in [-0.2, 0) is 7.05 Å². The Morgan fingerprint density at radius 1 is 0.938 bits per heavy atom. The summed E-state index contributed by atoms with van der Waals surface area (Å²) >= 11 is 0. The standard InChI is InChI=1S/C25H17N5O2/c1-28-22-10-6-5-9-21(22)24-23(28)15-17(16-26)25(27-24)29(18-7-3-2-4-8-18)19-11-13-20(14-12-19)30(31)32/h2-15H,1H3. The van der Waals surface area contributed by atoms with Crippen LogP contribution in [0.1, 0.15) is 5.56 Å². The predicted octanol–water partition coefficient (Wildman–Crippen LogP) is 5.98. The van der Waals surface area contributed by atoms with E-state index in [1.54, 1.807) is 12.1 Å². The average Bonchev–Trinajstić information content (AvgIpc) is 3.11. The normalized spacial score (nSPS) is 10.9. The van der Waals surface area contributed by atoms with Gasteiger partial charge in [-0.05, 0) is 36.4 Å². The Morgan fingerprint density at radius 2 is 1.59 bits per heavy atom. The molecule has 5 rings (SSSR count). The van der Waals surface area contributed by atoms with Gasteiger partial charge in [0.15, 0.2) is 5.82 Å². The van der Waals surface area contributed by atoms with E-state index in [0.717, 1.165) is 27.6 Å². The Labute approximate surface area is 183 Å². The zero-order valence-electron chi connectivity index (χ0n) is 17.1. The SMILES string of the molecule is Cn1c2ccccc2c2nc(N(c3ccccc3)c3ccc([N+](=O)[O-])cc3)c(C#N)cc21. The molecule has 0 aliphatic heterocycles. The monoisotopic (exact) mass is 419 g/mol. The lowest BCUT2D eigenvalue weighted by molar-refractivity contribution is -0.384. The molecule has 154 valence electrons. The second-order valence-corrected chi connectivity index (χ2v) is 7.36. The van der Waals surface area contributed by atoms with Gasteiger partial charge >= 0.3 is 0 Å². The highest BCUT2D eigenvalue weighted by Crippen LogP contribution is 2.38. The van der Waals surface area contributed by atoms with Crippen molar-refractivity contribution in [3.05, 3.63) is 101 Å². The highest BCUT2D eigenvalue weighted by atomic mass is 16.6. The van der Waals surface area contributed by atoms with Crippen molar-refractivity contribution in [3.8, 4) is 6.07 Å². The Morgan fingerprint density at radius 3 is 2.28 bits per heavy atom. The van der Waals surface area contributed by atoms with E-state index < -0.39 is 4.92 Å². The van der Waals surface area contributed by atoms with Gasteiger partial charge in [0, 0.05) is 35.9 Å². The van der Waals surface area contributed by atoms with Gasteiger partial charge in [-0.1, -0.05) is 36.4 Å². The average molecular weight is 419 g/mol. The number of aryl methyl sites for hydroxylation is 1. The van der Waals surface area contributed by atoms with Crippen molar-refractivity contribution in [1.29, 1.82) is 5.26 Å². The minimum absolute atomic E-state index is 0.000247. The molecule has 0 bridgehead atoms. The molecule has 0 saturated heterocycles. The van der Waals surface area contributed by atoms with E-state index in [2.05, 4.69) is 6.07 Å². The van der Waals surface area contributed by atoms with Gasteiger partial charge in [0.1, 0.15) is 6.07 Å². The van der Waals surface area contributed by atoms with Gasteiger partial charge in [0.05, 0.1) is 27.0 Å². The van der Waals surface area contributed by atoms with Crippen LogP contribution in [0.15, 0.2) is 84.9 Å². The molecular weight excluding hydrogens is 402 g/mol. The molecule has 0 N–H and O–H groups in total. The third-order valence-corrected chi connectivity index (χ3v) is 5.53. The third-order valence-electron chi connectivity index (χ3n) is 5.53. The van der Waals surface area contributed by atoms with Crippen LogP contribution in [0.25, 0.3) is 21.9 Å². The number of aromatic nitrogens is 2. The second kappa shape index (κ2) is 7.52. The molecule has 0 fully saturated rings. The number of hydrogen-bond donors (Lipinski definition) is 0. The maximum Gasteiger partial charge on any atom is 0.269 e. The lowest BCUT2D eigenvalue weighted by atomic mass is 10.1. The first-order valence-electron chi connectivity index (χ1n) is 9.96. The van der Waals surface area contributed by atoms with Crippen molar-refractivity contribution in [3.63, 3.8) is 0 Å². The fourth-order valence-corrected chi connectivity index (χ4v) is 3.99. The van der Waals surface area contributed by atoms with Crippen molar-refractivity contribution in [2.45, 2.75) is 0 Å². The molecule has 3 aromatic carbocycles. The number of hydrogen-bond acceptors (Lipinski definition) is 5. The first-order valence-corrected chi connectivity index (χ1v) is 9.96. The number of nitro benzene ring substituents is 1. The second-order valence-electron chi connectivity index (χ2n) is 7.36. The fraction of sp³-hybridized carbons (Fsp3) is 0.0400. The molecule has 0 spiro atoms. The Bertz CT molecular complexity index is 1520. The van der Waals surface area contributed by atoms with Gasteiger partial charge in [-0.2, -0.15) is 5.26 Å². The summed E-state index contributed by atoms with van der Waals surface area (Å²) in [6.07, 6.45) is 0. The maximum absolute atomic E-state index is 11.1. The smallest absolute Gasteiger partial charge is 0.269 e. The van der Waals surface area contributed by atoms with Gasteiger partial charge in [0.2, 0.25) is 0 Å². The molecule has 0 amide bonds. The van der Waals surface area contributed by atoms with Gasteiger partial charge in [0.25, 0.3) is 5.69 Å². The van der Waals surface area contributed by atoms with E-state index in [-0.39, 0.29) is 5.69 Å². The van der Waals surface area contributed by atoms with Crippen molar-refractivity contribution in [2.75, 3.05) is 4.90 Å². The lowest BCUT2D eigenvalue weighted by Gasteiger charge is -2.25. The molecule has 0 atom stereocenters. The van der Waals surface area contributed by atoms with E-state index in [9.17, 15) is 15.4 Å². The van der Waals surface area contributed by atoms with E-state index in [1.165, 1.54) is 12.1 Å². The zero-order chi connectivity index (χ0) is 22.2. The molecule has 0 radical (unpaired) electrons. The van der Waals surface area contributed by atoms with E-state index in [1.807, 2.05) is 77.2 Å². The van der Waals surface area contributed by atoms with Crippen LogP contribution in [0, 0.1) is 21.4 Å². The maximum atomic E-state index is 11.1. The molecule has 0 unspecified atom stereocenters. The summed E-state index contributed by atoms with van der Waals surface area (Å²) in [7, 11) is 1.96. The van der Waals surface area contributed by atoms with Crippen LogP contribution in [-0.4, -0.2) is 14.5 Å². The number of benzene rings is 3. The van der Waals surface area contributed by atoms with Crippen LogP contribution in [0.2, 0.25) is 0 Å². The first kappa shape index (κ1) is 19.3. The minimum atomic E-state index is -0.433. The molecular formula is C25H17N5O2. The highest BCUT2D eigenvalue weighted by molar-refractivity contribution is 6.07. The Hall–Kier alpha value is -4.70. The van der Waals surface area contributed by atoms with Gasteiger partial charge in [-0.15, -0.1) is 0 Å². The van der Waals surface area contributed by atoms with Gasteiger partial charge < -0.3 is 4.57 Å². The van der Waals surface area contributed by atoms with E-state index >= 15 is 0 Å². The number of pyridine rings is 1. The van der Waals surface area contributed by atoms with Crippen LogP contribution in [0.4, 0.5) is 22.9 Å². The zero-order valence-corrected chi connectivity index (χ0v) is 17.1. The predicted molar refractivity (Wildman–Crippen MR) is 124 cm³/mol. The number of nitriles is 1. The summed E-state index contributed by atoms with van der Waals surface area (Å²) in [4.78, 5) is 17.5. The summed E-state index contributed by atoms with van der Waals surface area (Å²) in [5.41, 5.74) is 4.56. The number of rotatable bonds is 4. The molecule has 32 heavy (non-hydrogen) atoms. The van der Waals surface area contributed by atoms with E-state index in [4.69, 9.17) is 4.98 Å². The van der Waals surface area contributed by atoms with Crippen LogP contribution in [0.5, 0.6) is 0 Å². The van der Waals surface area contributed by atoms with E-state index in [0.29, 0.717) is 17.1 Å². The van der Waals surface area contributed by atoms with Crippen LogP contribution in [0.3, 0.4) is 0 Å². The summed E-state index contributed by atoms with van der Waals surface area (Å²) in [6.45, 7) is 0. The van der Waals surface area contributed by atoms with Gasteiger partial charge in [-0.3, -0.25) is 15.0 Å². The molecule has 2 aromatic heterocycles. The van der Waals surface area contributed by atoms with Crippen LogP contribution < -0.4 is 4.90 Å². The lowest BCUT2D eigenvalue weighted by Crippen LogP contribution is -2.13. The molecule has 5 aromatic rings. The Kier molecular flexibility index (Phi) is 4.53. The molecule has 0 aliphatic carbocycles. The number of non-ortho nitro benzene ring substituents is 1. The third kappa shape index (κ3) is 3.02. The molecule has 0 aliphatic rings. The molecule has 7 heteroatoms. The van der Waals surface area contributed by atoms with Crippen molar-refractivity contribution >= 4 is 44.8 Å². The summed E-state index contributed by atoms with van der Waals surface area (Å²) < 4.78 is 2.03. The number of para-hydroxylation sites is 2. The first-order chi connectivity index (χ1) is 15.6. The molecule has 7 nitrogen and oxygen atoms in total. The quantitative estimate of drug-likeness (QED) is 0.264. The number of nitro groups is 1. The van der Waals surface area contributed by atoms with Crippen molar-refractivity contribution < 1.29 is 4.92 Å². The van der Waals surface area contributed by atoms with Crippen LogP contribution >= 0.6 is 0 Å². The summed E-state index contributed by atoms with van der Waals surface area (Å²) in [6, 6.07) is 27.9. The van der Waals surface area contributed by atoms with Crippen molar-refractivity contribution in [1.82, 2.24) is 9.55 Å². The Balaban J connectivity index is 1.81. The van der Waals surface area contributed by atoms with Crippen molar-refractivity contribution in [2.24, 2.45) is 7.05 Å². The largest absolute Gasteiger partial charge is 0.342 e. The fourth-order valence-electron chi connectivity index (χ4n) is 3.99. The topological polar surface area (TPSA) is 88.0 Å². The summed E-state index contributed by atoms with van der Waals surface area (Å²) in [5, 5.41) is 22.1. The molecule has 2 heterocycles. The number of anilines is 3. The molecule has 0 saturated carbocycles. The minimum Gasteiger partial charge on any atom is -0.342 e.